The van der Waals surface area contributed by atoms with E-state index in [1.807, 2.05) is 6.92 Å². The van der Waals surface area contributed by atoms with Crippen molar-refractivity contribution >= 4 is 16.6 Å². The van der Waals surface area contributed by atoms with Gasteiger partial charge in [-0.1, -0.05) is 0 Å². The standard InChI is InChI=1S/C10H9FN2O/c1-5-3-7-8(6(2)4-12-7)10(13-14)9(5)11/h3-4,12H,1-2H3. The van der Waals surface area contributed by atoms with Crippen molar-refractivity contribution in [2.45, 2.75) is 13.8 Å². The SMILES string of the molecule is Cc1cc2[nH]cc(C)c2c(N=O)c1F. The number of nitrogens with one attached hydrogen (secondary N) is 1. The Morgan fingerprint density at radius 3 is 2.71 bits per heavy atom. The summed E-state index contributed by atoms with van der Waals surface area (Å²) < 4.78 is 13.5. The second-order valence-corrected chi connectivity index (χ2v) is 3.34. The lowest BCUT2D eigenvalue weighted by Gasteiger charge is -2.01. The van der Waals surface area contributed by atoms with Crippen molar-refractivity contribution < 1.29 is 4.39 Å². The zero-order valence-corrected chi connectivity index (χ0v) is 7.89. The van der Waals surface area contributed by atoms with Gasteiger partial charge in [0.05, 0.1) is 0 Å². The number of fused-ring (bicyclic) bond motifs is 1. The summed E-state index contributed by atoms with van der Waals surface area (Å²) in [6.45, 7) is 3.42. The van der Waals surface area contributed by atoms with Crippen molar-refractivity contribution in [1.29, 1.82) is 0 Å². The van der Waals surface area contributed by atoms with Gasteiger partial charge in [0.25, 0.3) is 0 Å². The third-order valence-electron chi connectivity index (χ3n) is 2.35. The number of H-pyrrole nitrogens is 1. The average molecular weight is 192 g/mol. The molecule has 1 heterocycles. The molecule has 0 fully saturated rings. The fraction of sp³-hybridized carbons (Fsp3) is 0.200. The van der Waals surface area contributed by atoms with Gasteiger partial charge in [-0.2, -0.15) is 0 Å². The van der Waals surface area contributed by atoms with Crippen LogP contribution in [0.1, 0.15) is 11.1 Å². The lowest BCUT2D eigenvalue weighted by molar-refractivity contribution is 0.622. The molecule has 0 bridgehead atoms. The molecule has 0 saturated heterocycles. The van der Waals surface area contributed by atoms with Crippen LogP contribution in [0.3, 0.4) is 0 Å². The summed E-state index contributed by atoms with van der Waals surface area (Å²) in [6, 6.07) is 1.67. The molecule has 0 spiro atoms. The molecule has 0 saturated carbocycles. The molecule has 0 aliphatic carbocycles. The number of halogens is 1. The topological polar surface area (TPSA) is 45.2 Å². The van der Waals surface area contributed by atoms with Crippen molar-refractivity contribution in [3.63, 3.8) is 0 Å². The van der Waals surface area contributed by atoms with Crippen LogP contribution in [0.25, 0.3) is 10.9 Å². The monoisotopic (exact) mass is 192 g/mol. The fourth-order valence-corrected chi connectivity index (χ4v) is 1.63. The largest absolute Gasteiger partial charge is 0.361 e. The molecule has 0 amide bonds. The zero-order chi connectivity index (χ0) is 10.3. The van der Waals surface area contributed by atoms with E-state index in [2.05, 4.69) is 10.2 Å². The van der Waals surface area contributed by atoms with Gasteiger partial charge in [0, 0.05) is 17.1 Å². The lowest BCUT2D eigenvalue weighted by atomic mass is 10.1. The maximum Gasteiger partial charge on any atom is 0.156 e. The number of rotatable bonds is 1. The first-order valence-corrected chi connectivity index (χ1v) is 4.25. The summed E-state index contributed by atoms with van der Waals surface area (Å²) >= 11 is 0. The molecule has 1 aromatic heterocycles. The highest BCUT2D eigenvalue weighted by Gasteiger charge is 2.14. The summed E-state index contributed by atoms with van der Waals surface area (Å²) in [5.74, 6) is -0.532. The fourth-order valence-electron chi connectivity index (χ4n) is 1.63. The summed E-state index contributed by atoms with van der Waals surface area (Å²) in [5.41, 5.74) is 1.90. The second kappa shape index (κ2) is 2.90. The normalized spacial score (nSPS) is 10.8. The van der Waals surface area contributed by atoms with E-state index < -0.39 is 5.82 Å². The minimum absolute atomic E-state index is 0.0984. The quantitative estimate of drug-likeness (QED) is 0.692. The van der Waals surface area contributed by atoms with Crippen LogP contribution in [0.4, 0.5) is 10.1 Å². The van der Waals surface area contributed by atoms with Gasteiger partial charge < -0.3 is 4.98 Å². The first kappa shape index (κ1) is 8.87. The molecule has 0 aliphatic heterocycles. The molecular weight excluding hydrogens is 183 g/mol. The molecular formula is C10H9FN2O. The Bertz CT molecular complexity index is 516. The average Bonchev–Trinajstić information content (AvgIpc) is 2.50. The molecule has 0 unspecified atom stereocenters. The molecule has 1 N–H and O–H groups in total. The molecule has 2 aromatic rings. The third-order valence-corrected chi connectivity index (χ3v) is 2.35. The van der Waals surface area contributed by atoms with Gasteiger partial charge >= 0.3 is 0 Å². The lowest BCUT2D eigenvalue weighted by Crippen LogP contribution is -1.84. The number of nitroso groups, excluding NO2 is 1. The molecule has 0 radical (unpaired) electrons. The van der Waals surface area contributed by atoms with Crippen molar-refractivity contribution in [1.82, 2.24) is 4.98 Å². The minimum atomic E-state index is -0.532. The maximum atomic E-state index is 13.5. The molecule has 72 valence electrons. The highest BCUT2D eigenvalue weighted by molar-refractivity contribution is 5.94. The van der Waals surface area contributed by atoms with Crippen molar-refractivity contribution in [2.24, 2.45) is 5.18 Å². The van der Waals surface area contributed by atoms with E-state index in [-0.39, 0.29) is 5.69 Å². The summed E-state index contributed by atoms with van der Waals surface area (Å²) in [7, 11) is 0. The number of aromatic nitrogens is 1. The predicted molar refractivity (Wildman–Crippen MR) is 53.2 cm³/mol. The van der Waals surface area contributed by atoms with Gasteiger partial charge in [-0.05, 0) is 36.2 Å². The minimum Gasteiger partial charge on any atom is -0.361 e. The number of aromatic amines is 1. The van der Waals surface area contributed by atoms with Crippen molar-refractivity contribution in [2.75, 3.05) is 0 Å². The predicted octanol–water partition coefficient (Wildman–Crippen LogP) is 3.32. The van der Waals surface area contributed by atoms with E-state index >= 15 is 0 Å². The van der Waals surface area contributed by atoms with Gasteiger partial charge in [-0.3, -0.25) is 0 Å². The number of nitrogens with zero attached hydrogens (tertiary/aromatic N) is 1. The van der Waals surface area contributed by atoms with Crippen LogP contribution in [0.2, 0.25) is 0 Å². The van der Waals surface area contributed by atoms with E-state index in [4.69, 9.17) is 0 Å². The Morgan fingerprint density at radius 1 is 1.36 bits per heavy atom. The Kier molecular flexibility index (Phi) is 1.84. The molecule has 2 rings (SSSR count). The zero-order valence-electron chi connectivity index (χ0n) is 7.89. The number of hydrogen-bond donors (Lipinski definition) is 1. The number of hydrogen-bond acceptors (Lipinski definition) is 2. The van der Waals surface area contributed by atoms with Crippen molar-refractivity contribution in [3.05, 3.63) is 34.1 Å². The molecule has 0 atom stereocenters. The third kappa shape index (κ3) is 1.04. The van der Waals surface area contributed by atoms with E-state index in [0.717, 1.165) is 11.1 Å². The highest BCUT2D eigenvalue weighted by atomic mass is 19.1. The Hall–Kier alpha value is -1.71. The van der Waals surface area contributed by atoms with Crippen LogP contribution >= 0.6 is 0 Å². The van der Waals surface area contributed by atoms with Crippen LogP contribution in [0, 0.1) is 24.6 Å². The Balaban J connectivity index is 2.99. The summed E-state index contributed by atoms with van der Waals surface area (Å²) in [5, 5.41) is 3.32. The van der Waals surface area contributed by atoms with Gasteiger partial charge in [0.15, 0.2) is 11.5 Å². The van der Waals surface area contributed by atoms with Gasteiger partial charge in [0.2, 0.25) is 0 Å². The van der Waals surface area contributed by atoms with Crippen LogP contribution < -0.4 is 0 Å². The van der Waals surface area contributed by atoms with Crippen LogP contribution in [-0.2, 0) is 0 Å². The van der Waals surface area contributed by atoms with Crippen LogP contribution in [0.5, 0.6) is 0 Å². The Morgan fingerprint density at radius 2 is 2.07 bits per heavy atom. The molecule has 3 nitrogen and oxygen atoms in total. The van der Waals surface area contributed by atoms with E-state index in [1.165, 1.54) is 0 Å². The van der Waals surface area contributed by atoms with Crippen LogP contribution in [0.15, 0.2) is 17.4 Å². The van der Waals surface area contributed by atoms with Crippen LogP contribution in [-0.4, -0.2) is 4.98 Å². The number of aryl methyl sites for hydroxylation is 2. The second-order valence-electron chi connectivity index (χ2n) is 3.34. The highest BCUT2D eigenvalue weighted by Crippen LogP contribution is 2.33. The van der Waals surface area contributed by atoms with Gasteiger partial charge in [-0.15, -0.1) is 4.91 Å². The van der Waals surface area contributed by atoms with Gasteiger partial charge in [0.1, 0.15) is 0 Å². The number of benzene rings is 1. The van der Waals surface area contributed by atoms with E-state index in [9.17, 15) is 9.30 Å². The van der Waals surface area contributed by atoms with E-state index in [1.54, 1.807) is 19.2 Å². The van der Waals surface area contributed by atoms with Gasteiger partial charge in [-0.25, -0.2) is 4.39 Å². The Labute approximate surface area is 79.9 Å². The summed E-state index contributed by atoms with van der Waals surface area (Å²) in [4.78, 5) is 13.5. The first-order chi connectivity index (χ1) is 6.65. The maximum absolute atomic E-state index is 13.5. The molecule has 14 heavy (non-hydrogen) atoms. The molecule has 4 heteroatoms. The molecule has 0 aliphatic rings. The smallest absolute Gasteiger partial charge is 0.156 e. The summed E-state index contributed by atoms with van der Waals surface area (Å²) in [6.07, 6.45) is 1.73. The van der Waals surface area contributed by atoms with E-state index in [0.29, 0.717) is 10.9 Å². The first-order valence-electron chi connectivity index (χ1n) is 4.25. The molecule has 1 aromatic carbocycles. The van der Waals surface area contributed by atoms with Crippen molar-refractivity contribution in [3.8, 4) is 0 Å².